The summed E-state index contributed by atoms with van der Waals surface area (Å²) in [6, 6.07) is 7.74. The Hall–Kier alpha value is -2.43. The zero-order chi connectivity index (χ0) is 21.7. The SMILES string of the molecule is COc1ccc(S(=O)(=O)N2CCCCC2)cc1NC(=O)COC(=O)c1ccc(C)s1. The van der Waals surface area contributed by atoms with Crippen molar-refractivity contribution in [2.45, 2.75) is 31.1 Å². The Labute approximate surface area is 179 Å². The van der Waals surface area contributed by atoms with Crippen LogP contribution in [0.4, 0.5) is 5.69 Å². The maximum Gasteiger partial charge on any atom is 0.348 e. The van der Waals surface area contributed by atoms with Gasteiger partial charge in [-0.3, -0.25) is 4.79 Å². The molecule has 0 aliphatic carbocycles. The highest BCUT2D eigenvalue weighted by Gasteiger charge is 2.27. The van der Waals surface area contributed by atoms with Gasteiger partial charge in [0.1, 0.15) is 10.6 Å². The Balaban J connectivity index is 1.70. The summed E-state index contributed by atoms with van der Waals surface area (Å²) in [5.74, 6) is -0.875. The molecular weight excluding hydrogens is 428 g/mol. The predicted molar refractivity (Wildman–Crippen MR) is 114 cm³/mol. The molecule has 8 nitrogen and oxygen atoms in total. The molecule has 1 saturated heterocycles. The number of carbonyl (C=O) groups excluding carboxylic acids is 2. The molecule has 0 spiro atoms. The van der Waals surface area contributed by atoms with Crippen molar-refractivity contribution in [3.8, 4) is 5.75 Å². The number of sulfonamides is 1. The van der Waals surface area contributed by atoms with E-state index in [0.29, 0.717) is 23.7 Å². The van der Waals surface area contributed by atoms with Gasteiger partial charge in [-0.15, -0.1) is 11.3 Å². The maximum absolute atomic E-state index is 12.9. The molecule has 0 radical (unpaired) electrons. The summed E-state index contributed by atoms with van der Waals surface area (Å²) in [7, 11) is -2.24. The number of anilines is 1. The Morgan fingerprint density at radius 2 is 1.87 bits per heavy atom. The molecule has 1 amide bonds. The predicted octanol–water partition coefficient (Wildman–Crippen LogP) is 3.04. The van der Waals surface area contributed by atoms with Crippen molar-refractivity contribution in [2.24, 2.45) is 0 Å². The van der Waals surface area contributed by atoms with Gasteiger partial charge in [-0.25, -0.2) is 13.2 Å². The van der Waals surface area contributed by atoms with Crippen LogP contribution in [0.25, 0.3) is 0 Å². The van der Waals surface area contributed by atoms with E-state index < -0.39 is 28.5 Å². The molecule has 2 aromatic rings. The number of nitrogens with one attached hydrogen (secondary N) is 1. The number of hydrogen-bond donors (Lipinski definition) is 1. The minimum absolute atomic E-state index is 0.0755. The number of benzene rings is 1. The zero-order valence-electron chi connectivity index (χ0n) is 16.8. The van der Waals surface area contributed by atoms with Gasteiger partial charge in [0, 0.05) is 18.0 Å². The topological polar surface area (TPSA) is 102 Å². The van der Waals surface area contributed by atoms with Gasteiger partial charge in [0.25, 0.3) is 5.91 Å². The van der Waals surface area contributed by atoms with Gasteiger partial charge in [0.2, 0.25) is 10.0 Å². The third-order valence-corrected chi connectivity index (χ3v) is 7.55. The molecule has 30 heavy (non-hydrogen) atoms. The normalized spacial score (nSPS) is 14.9. The van der Waals surface area contributed by atoms with Crippen LogP contribution in [-0.2, 0) is 19.6 Å². The first-order valence-corrected chi connectivity index (χ1v) is 11.8. The summed E-state index contributed by atoms with van der Waals surface area (Å²) in [6.07, 6.45) is 2.67. The fourth-order valence-electron chi connectivity index (χ4n) is 3.13. The van der Waals surface area contributed by atoms with Crippen molar-refractivity contribution in [2.75, 3.05) is 32.1 Å². The van der Waals surface area contributed by atoms with Gasteiger partial charge >= 0.3 is 5.97 Å². The van der Waals surface area contributed by atoms with E-state index in [9.17, 15) is 18.0 Å². The van der Waals surface area contributed by atoms with E-state index in [2.05, 4.69) is 5.32 Å². The summed E-state index contributed by atoms with van der Waals surface area (Å²) >= 11 is 1.28. The lowest BCUT2D eigenvalue weighted by atomic mass is 10.2. The fraction of sp³-hybridized carbons (Fsp3) is 0.400. The molecule has 0 saturated carbocycles. The Morgan fingerprint density at radius 1 is 1.13 bits per heavy atom. The number of carbonyl (C=O) groups is 2. The van der Waals surface area contributed by atoms with E-state index in [1.807, 2.05) is 6.92 Å². The van der Waals surface area contributed by atoms with Gasteiger partial charge in [-0.1, -0.05) is 6.42 Å². The van der Waals surface area contributed by atoms with Crippen molar-refractivity contribution in [1.29, 1.82) is 0 Å². The number of methoxy groups -OCH3 is 1. The molecule has 1 aliphatic rings. The van der Waals surface area contributed by atoms with E-state index >= 15 is 0 Å². The number of ether oxygens (including phenoxy) is 2. The molecule has 0 bridgehead atoms. The second-order valence-corrected chi connectivity index (χ2v) is 10.1. The van der Waals surface area contributed by atoms with Crippen LogP contribution >= 0.6 is 11.3 Å². The molecule has 1 fully saturated rings. The minimum atomic E-state index is -3.66. The summed E-state index contributed by atoms with van der Waals surface area (Å²) < 4.78 is 37.5. The highest BCUT2D eigenvalue weighted by molar-refractivity contribution is 7.89. The Bertz CT molecular complexity index is 1030. The lowest BCUT2D eigenvalue weighted by molar-refractivity contribution is -0.119. The average Bonchev–Trinajstić information content (AvgIpc) is 3.19. The molecule has 2 heterocycles. The van der Waals surface area contributed by atoms with E-state index in [0.717, 1.165) is 24.1 Å². The second-order valence-electron chi connectivity index (χ2n) is 6.86. The van der Waals surface area contributed by atoms with Crippen LogP contribution in [0.1, 0.15) is 33.8 Å². The molecule has 1 N–H and O–H groups in total. The largest absolute Gasteiger partial charge is 0.495 e. The van der Waals surface area contributed by atoms with Crippen LogP contribution in [0.3, 0.4) is 0 Å². The molecule has 0 atom stereocenters. The van der Waals surface area contributed by atoms with E-state index in [-0.39, 0.29) is 10.6 Å². The van der Waals surface area contributed by atoms with Crippen molar-refractivity contribution in [1.82, 2.24) is 4.31 Å². The first kappa shape index (κ1) is 22.3. The fourth-order valence-corrected chi connectivity index (χ4v) is 5.44. The highest BCUT2D eigenvalue weighted by Crippen LogP contribution is 2.30. The number of esters is 1. The molecule has 1 aromatic carbocycles. The molecule has 10 heteroatoms. The Kier molecular flexibility index (Phi) is 7.11. The smallest absolute Gasteiger partial charge is 0.348 e. The lowest BCUT2D eigenvalue weighted by Crippen LogP contribution is -2.35. The minimum Gasteiger partial charge on any atom is -0.495 e. The first-order chi connectivity index (χ1) is 14.3. The monoisotopic (exact) mass is 452 g/mol. The summed E-state index contributed by atoms with van der Waals surface area (Å²) in [6.45, 7) is 2.33. The van der Waals surface area contributed by atoms with Gasteiger partial charge in [0.15, 0.2) is 6.61 Å². The number of nitrogens with zero attached hydrogens (tertiary/aromatic N) is 1. The number of thiophene rings is 1. The van der Waals surface area contributed by atoms with Gasteiger partial charge in [-0.2, -0.15) is 4.31 Å². The van der Waals surface area contributed by atoms with Crippen LogP contribution in [0.2, 0.25) is 0 Å². The van der Waals surface area contributed by atoms with Crippen molar-refractivity contribution >= 4 is 38.9 Å². The molecular formula is C20H24N2O6S2. The summed E-state index contributed by atoms with van der Waals surface area (Å²) in [5.41, 5.74) is 0.198. The van der Waals surface area contributed by atoms with E-state index in [4.69, 9.17) is 9.47 Å². The highest BCUT2D eigenvalue weighted by atomic mass is 32.2. The van der Waals surface area contributed by atoms with Crippen molar-refractivity contribution in [3.05, 3.63) is 40.1 Å². The number of piperidine rings is 1. The number of aryl methyl sites for hydroxylation is 1. The van der Waals surface area contributed by atoms with E-state index in [1.54, 1.807) is 12.1 Å². The van der Waals surface area contributed by atoms with Crippen LogP contribution < -0.4 is 10.1 Å². The van der Waals surface area contributed by atoms with Gasteiger partial charge in [-0.05, 0) is 50.1 Å². The molecule has 3 rings (SSSR count). The van der Waals surface area contributed by atoms with Crippen molar-refractivity contribution in [3.63, 3.8) is 0 Å². The number of rotatable bonds is 7. The second kappa shape index (κ2) is 9.59. The zero-order valence-corrected chi connectivity index (χ0v) is 18.5. The molecule has 1 aliphatic heterocycles. The maximum atomic E-state index is 12.9. The van der Waals surface area contributed by atoms with Gasteiger partial charge in [0.05, 0.1) is 17.7 Å². The van der Waals surface area contributed by atoms with Crippen molar-refractivity contribution < 1.29 is 27.5 Å². The van der Waals surface area contributed by atoms with Gasteiger partial charge < -0.3 is 14.8 Å². The number of hydrogen-bond acceptors (Lipinski definition) is 7. The van der Waals surface area contributed by atoms with Crippen LogP contribution in [0, 0.1) is 6.92 Å². The quantitative estimate of drug-likeness (QED) is 0.648. The summed E-state index contributed by atoms with van der Waals surface area (Å²) in [5, 5.41) is 2.57. The standard InChI is InChI=1S/C20H24N2O6S2/c1-14-6-9-18(29-14)20(24)28-13-19(23)21-16-12-15(7-8-17(16)27-2)30(25,26)22-10-4-3-5-11-22/h6-9,12H,3-5,10-11,13H2,1-2H3,(H,21,23). The third-order valence-electron chi connectivity index (χ3n) is 4.67. The molecule has 0 unspecified atom stereocenters. The molecule has 162 valence electrons. The lowest BCUT2D eigenvalue weighted by Gasteiger charge is -2.26. The van der Waals surface area contributed by atoms with E-state index in [1.165, 1.54) is 41.0 Å². The summed E-state index contributed by atoms with van der Waals surface area (Å²) in [4.78, 5) is 25.7. The molecule has 1 aromatic heterocycles. The third kappa shape index (κ3) is 5.18. The Morgan fingerprint density at radius 3 is 2.50 bits per heavy atom. The number of amides is 1. The van der Waals surface area contributed by atoms with Crippen LogP contribution in [0.15, 0.2) is 35.2 Å². The first-order valence-electron chi connectivity index (χ1n) is 9.53. The average molecular weight is 453 g/mol. The van der Waals surface area contributed by atoms with Crippen LogP contribution in [-0.4, -0.2) is 51.4 Å². The van der Waals surface area contributed by atoms with Crippen LogP contribution in [0.5, 0.6) is 5.75 Å².